The first-order valence-corrected chi connectivity index (χ1v) is 8.63. The number of aliphatic carboxylic acids is 1. The van der Waals surface area contributed by atoms with E-state index in [0.29, 0.717) is 25.8 Å². The minimum absolute atomic E-state index is 0.141. The molecule has 0 fully saturated rings. The zero-order valence-corrected chi connectivity index (χ0v) is 15.0. The molecule has 148 valence electrons. The number of ether oxygens (including phenoxy) is 1. The number of benzene rings is 1. The third-order valence-electron chi connectivity index (χ3n) is 3.62. The fourth-order valence-corrected chi connectivity index (χ4v) is 2.22. The van der Waals surface area contributed by atoms with Gasteiger partial charge in [-0.25, -0.2) is 4.79 Å². The molecule has 0 aliphatic rings. The summed E-state index contributed by atoms with van der Waals surface area (Å²) in [7, 11) is 0. The molecule has 1 rings (SSSR count). The summed E-state index contributed by atoms with van der Waals surface area (Å²) in [6.07, 6.45) is 0.951. The SMILES string of the molecule is NC(=O)[C@H](CC(=O)O)NC(=O)CCCCCNC(=O)OCc1ccccc1. The van der Waals surface area contributed by atoms with E-state index in [9.17, 15) is 19.2 Å². The van der Waals surface area contributed by atoms with Crippen molar-refractivity contribution in [1.82, 2.24) is 10.6 Å². The molecule has 0 heterocycles. The highest BCUT2D eigenvalue weighted by Crippen LogP contribution is 2.02. The number of rotatable bonds is 12. The summed E-state index contributed by atoms with van der Waals surface area (Å²) in [6.45, 7) is 0.613. The summed E-state index contributed by atoms with van der Waals surface area (Å²) < 4.78 is 5.06. The van der Waals surface area contributed by atoms with Gasteiger partial charge in [0.15, 0.2) is 0 Å². The van der Waals surface area contributed by atoms with Gasteiger partial charge < -0.3 is 26.2 Å². The van der Waals surface area contributed by atoms with Gasteiger partial charge in [-0.3, -0.25) is 14.4 Å². The zero-order valence-electron chi connectivity index (χ0n) is 15.0. The van der Waals surface area contributed by atoms with Crippen molar-refractivity contribution in [1.29, 1.82) is 0 Å². The molecule has 0 saturated carbocycles. The highest BCUT2D eigenvalue weighted by molar-refractivity contribution is 5.89. The van der Waals surface area contributed by atoms with Crippen LogP contribution >= 0.6 is 0 Å². The van der Waals surface area contributed by atoms with E-state index in [-0.39, 0.29) is 13.0 Å². The summed E-state index contributed by atoms with van der Waals surface area (Å²) in [6, 6.07) is 8.11. The fraction of sp³-hybridized carbons (Fsp3) is 0.444. The van der Waals surface area contributed by atoms with Gasteiger partial charge in [0.2, 0.25) is 11.8 Å². The van der Waals surface area contributed by atoms with E-state index in [1.165, 1.54) is 0 Å². The first-order chi connectivity index (χ1) is 12.9. The lowest BCUT2D eigenvalue weighted by Crippen LogP contribution is -2.45. The molecule has 27 heavy (non-hydrogen) atoms. The lowest BCUT2D eigenvalue weighted by Gasteiger charge is -2.13. The predicted molar refractivity (Wildman–Crippen MR) is 96.5 cm³/mol. The van der Waals surface area contributed by atoms with Crippen molar-refractivity contribution < 1.29 is 29.0 Å². The molecule has 9 nitrogen and oxygen atoms in total. The monoisotopic (exact) mass is 379 g/mol. The lowest BCUT2D eigenvalue weighted by atomic mass is 10.1. The minimum atomic E-state index is -1.22. The summed E-state index contributed by atoms with van der Waals surface area (Å²) in [4.78, 5) is 44.9. The zero-order chi connectivity index (χ0) is 20.1. The highest BCUT2D eigenvalue weighted by Gasteiger charge is 2.20. The number of amides is 3. The Labute approximate surface area is 157 Å². The van der Waals surface area contributed by atoms with Crippen LogP contribution in [0, 0.1) is 0 Å². The van der Waals surface area contributed by atoms with Crippen LogP contribution in [-0.4, -0.2) is 41.6 Å². The second-order valence-electron chi connectivity index (χ2n) is 5.92. The quantitative estimate of drug-likeness (QED) is 0.397. The van der Waals surface area contributed by atoms with Crippen molar-refractivity contribution in [3.63, 3.8) is 0 Å². The van der Waals surface area contributed by atoms with Gasteiger partial charge in [-0.1, -0.05) is 36.8 Å². The first kappa shape index (κ1) is 21.9. The van der Waals surface area contributed by atoms with Crippen LogP contribution in [0.15, 0.2) is 30.3 Å². The van der Waals surface area contributed by atoms with E-state index >= 15 is 0 Å². The van der Waals surface area contributed by atoms with Gasteiger partial charge >= 0.3 is 12.1 Å². The molecule has 3 amide bonds. The van der Waals surface area contributed by atoms with E-state index < -0.39 is 36.3 Å². The van der Waals surface area contributed by atoms with Gasteiger partial charge in [0, 0.05) is 13.0 Å². The average molecular weight is 379 g/mol. The van der Waals surface area contributed by atoms with Crippen LogP contribution in [0.25, 0.3) is 0 Å². The Kier molecular flexibility index (Phi) is 9.98. The van der Waals surface area contributed by atoms with E-state index in [0.717, 1.165) is 5.56 Å². The molecule has 0 bridgehead atoms. The van der Waals surface area contributed by atoms with Gasteiger partial charge in [-0.15, -0.1) is 0 Å². The third kappa shape index (κ3) is 10.5. The molecule has 1 atom stereocenters. The van der Waals surface area contributed by atoms with Crippen LogP contribution in [-0.2, 0) is 25.7 Å². The van der Waals surface area contributed by atoms with Crippen LogP contribution < -0.4 is 16.4 Å². The largest absolute Gasteiger partial charge is 0.481 e. The first-order valence-electron chi connectivity index (χ1n) is 8.63. The van der Waals surface area contributed by atoms with Gasteiger partial charge in [0.1, 0.15) is 12.6 Å². The maximum Gasteiger partial charge on any atom is 0.407 e. The van der Waals surface area contributed by atoms with Gasteiger partial charge in [0.05, 0.1) is 6.42 Å². The molecular formula is C18H25N3O6. The number of carboxylic acids is 1. The Morgan fingerprint density at radius 2 is 1.78 bits per heavy atom. The standard InChI is InChI=1S/C18H25N3O6/c19-17(25)14(11-16(23)24)21-15(22)9-5-2-6-10-20-18(26)27-12-13-7-3-1-4-8-13/h1,3-4,7-8,14H,2,5-6,9-12H2,(H2,19,25)(H,20,26)(H,21,22)(H,23,24)/t14-/m0/s1. The van der Waals surface area contributed by atoms with Gasteiger partial charge in [-0.05, 0) is 18.4 Å². The van der Waals surface area contributed by atoms with Crippen LogP contribution in [0.4, 0.5) is 4.79 Å². The molecule has 1 aromatic carbocycles. The summed E-state index contributed by atoms with van der Waals surface area (Å²) in [5, 5.41) is 13.6. The van der Waals surface area contributed by atoms with Crippen molar-refractivity contribution in [2.24, 2.45) is 5.73 Å². The van der Waals surface area contributed by atoms with Crippen molar-refractivity contribution >= 4 is 23.9 Å². The molecule has 0 aliphatic heterocycles. The Hall–Kier alpha value is -3.10. The number of carboxylic acid groups (broad SMARTS) is 1. The average Bonchev–Trinajstić information content (AvgIpc) is 2.62. The molecule has 0 unspecified atom stereocenters. The molecule has 1 aromatic rings. The number of nitrogens with two attached hydrogens (primary N) is 1. The van der Waals surface area contributed by atoms with E-state index in [2.05, 4.69) is 10.6 Å². The number of carbonyl (C=O) groups excluding carboxylic acids is 3. The highest BCUT2D eigenvalue weighted by atomic mass is 16.5. The second-order valence-corrected chi connectivity index (χ2v) is 5.92. The molecule has 0 saturated heterocycles. The normalized spacial score (nSPS) is 11.3. The Morgan fingerprint density at radius 3 is 2.41 bits per heavy atom. The number of alkyl carbamates (subject to hydrolysis) is 1. The number of primary amides is 1. The maximum atomic E-state index is 11.7. The van der Waals surface area contributed by atoms with E-state index in [1.54, 1.807) is 0 Å². The molecule has 0 spiro atoms. The van der Waals surface area contributed by atoms with Gasteiger partial charge in [0.25, 0.3) is 0 Å². The third-order valence-corrected chi connectivity index (χ3v) is 3.62. The van der Waals surface area contributed by atoms with Crippen LogP contribution in [0.3, 0.4) is 0 Å². The Bertz CT molecular complexity index is 635. The topological polar surface area (TPSA) is 148 Å². The summed E-state index contributed by atoms with van der Waals surface area (Å²) in [5.41, 5.74) is 5.95. The van der Waals surface area contributed by atoms with Crippen molar-refractivity contribution in [3.8, 4) is 0 Å². The maximum absolute atomic E-state index is 11.7. The number of hydrogen-bond acceptors (Lipinski definition) is 5. The Morgan fingerprint density at radius 1 is 1.07 bits per heavy atom. The van der Waals surface area contributed by atoms with Crippen molar-refractivity contribution in [2.75, 3.05) is 6.54 Å². The summed E-state index contributed by atoms with van der Waals surface area (Å²) >= 11 is 0. The van der Waals surface area contributed by atoms with Crippen LogP contribution in [0.1, 0.15) is 37.7 Å². The molecule has 5 N–H and O–H groups in total. The van der Waals surface area contributed by atoms with Crippen molar-refractivity contribution in [2.45, 2.75) is 44.8 Å². The minimum Gasteiger partial charge on any atom is -0.481 e. The number of hydrogen-bond donors (Lipinski definition) is 4. The van der Waals surface area contributed by atoms with E-state index in [4.69, 9.17) is 15.6 Å². The van der Waals surface area contributed by atoms with Crippen molar-refractivity contribution in [3.05, 3.63) is 35.9 Å². The fourth-order valence-electron chi connectivity index (χ4n) is 2.22. The molecule has 9 heteroatoms. The number of carbonyl (C=O) groups is 4. The molecule has 0 aliphatic carbocycles. The lowest BCUT2D eigenvalue weighted by molar-refractivity contribution is -0.140. The van der Waals surface area contributed by atoms with Gasteiger partial charge in [-0.2, -0.15) is 0 Å². The number of unbranched alkanes of at least 4 members (excludes halogenated alkanes) is 2. The summed E-state index contributed by atoms with van der Waals surface area (Å²) in [5.74, 6) is -2.54. The van der Waals surface area contributed by atoms with E-state index in [1.807, 2.05) is 30.3 Å². The number of nitrogens with one attached hydrogen (secondary N) is 2. The molecular weight excluding hydrogens is 354 g/mol. The Balaban J connectivity index is 2.08. The van der Waals surface area contributed by atoms with Crippen LogP contribution in [0.5, 0.6) is 0 Å². The molecule has 0 radical (unpaired) electrons. The predicted octanol–water partition coefficient (Wildman–Crippen LogP) is 0.918. The molecule has 0 aromatic heterocycles. The van der Waals surface area contributed by atoms with Crippen LogP contribution in [0.2, 0.25) is 0 Å². The second kappa shape index (κ2) is 12.3. The smallest absolute Gasteiger partial charge is 0.407 e.